The zero-order valence-electron chi connectivity index (χ0n) is 15.9. The third-order valence-corrected chi connectivity index (χ3v) is 6.93. The first-order chi connectivity index (χ1) is 15.0. The number of hydrogen-bond acceptors (Lipinski definition) is 6. The molecule has 0 heterocycles. The largest absolute Gasteiger partial charge is 0.333 e. The predicted molar refractivity (Wildman–Crippen MR) is 119 cm³/mol. The summed E-state index contributed by atoms with van der Waals surface area (Å²) in [5.74, 6) is 0. The van der Waals surface area contributed by atoms with E-state index in [1.54, 1.807) is 0 Å². The van der Waals surface area contributed by atoms with Gasteiger partial charge in [0.05, 0.1) is 0 Å². The maximum atomic E-state index is 12.5. The molecule has 0 aromatic heterocycles. The molecule has 0 bridgehead atoms. The fourth-order valence-corrected chi connectivity index (χ4v) is 5.25. The lowest BCUT2D eigenvalue weighted by atomic mass is 9.87. The molecule has 0 aliphatic heterocycles. The van der Waals surface area contributed by atoms with Crippen LogP contribution in [0, 0.1) is 0 Å². The smallest absolute Gasteiger partial charge is 0.279 e. The third kappa shape index (κ3) is 2.81. The molecule has 5 aromatic rings. The number of carbonyl (C=O) groups is 2. The van der Waals surface area contributed by atoms with E-state index in [0.29, 0.717) is 10.8 Å². The molecule has 0 aliphatic rings. The summed E-state index contributed by atoms with van der Waals surface area (Å²) in [4.78, 5) is 25.0. The van der Waals surface area contributed by atoms with Crippen molar-refractivity contribution in [2.75, 3.05) is 0 Å². The minimum absolute atomic E-state index is 0.264. The van der Waals surface area contributed by atoms with E-state index in [2.05, 4.69) is 0 Å². The number of benzene rings is 5. The fraction of sp³-hybridized carbons (Fsp3) is 0. The minimum Gasteiger partial charge on any atom is -0.279 e. The van der Waals surface area contributed by atoms with Crippen LogP contribution in [0.1, 0.15) is 20.7 Å². The topological polar surface area (TPSA) is 143 Å². The summed E-state index contributed by atoms with van der Waals surface area (Å²) in [7, 11) is -10.4. The second-order valence-corrected chi connectivity index (χ2v) is 9.95. The second kappa shape index (κ2) is 6.53. The molecular weight excluding hydrogens is 456 g/mol. The van der Waals surface area contributed by atoms with Crippen LogP contribution < -0.4 is 0 Å². The lowest BCUT2D eigenvalue weighted by Crippen LogP contribution is -2.18. The molecule has 0 radical (unpaired) electrons. The van der Waals surface area contributed by atoms with E-state index in [1.807, 2.05) is 36.4 Å². The molecule has 0 aliphatic carbocycles. The van der Waals surface area contributed by atoms with Crippen LogP contribution in [0.2, 0.25) is 0 Å². The Kier molecular flexibility index (Phi) is 4.18. The molecule has 160 valence electrons. The highest BCUT2D eigenvalue weighted by Crippen LogP contribution is 2.42. The monoisotopic (exact) mass is 468 g/mol. The predicted octanol–water partition coefficient (Wildman–Crippen LogP) is 3.79. The van der Waals surface area contributed by atoms with Gasteiger partial charge in [-0.25, -0.2) is 0 Å². The second-order valence-electron chi connectivity index (χ2n) is 7.31. The Labute approximate surface area is 180 Å². The van der Waals surface area contributed by atoms with Crippen LogP contribution >= 0.6 is 0 Å². The Morgan fingerprint density at radius 1 is 0.531 bits per heavy atom. The summed E-state index contributed by atoms with van der Waals surface area (Å²) in [6.07, 6.45) is 0. The van der Waals surface area contributed by atoms with E-state index in [4.69, 9.17) is 0 Å². The van der Waals surface area contributed by atoms with Crippen molar-refractivity contribution in [3.63, 3.8) is 0 Å². The normalized spacial score (nSPS) is 12.8. The van der Waals surface area contributed by atoms with Crippen molar-refractivity contribution < 1.29 is 35.5 Å². The van der Waals surface area contributed by atoms with Crippen molar-refractivity contribution in [2.45, 2.75) is 0 Å². The van der Waals surface area contributed by atoms with Crippen molar-refractivity contribution >= 4 is 73.6 Å². The third-order valence-electron chi connectivity index (χ3n) is 5.55. The van der Waals surface area contributed by atoms with E-state index in [1.165, 1.54) is 12.1 Å². The summed E-state index contributed by atoms with van der Waals surface area (Å²) >= 11 is 0. The van der Waals surface area contributed by atoms with Crippen LogP contribution in [0.5, 0.6) is 0 Å². The molecule has 2 N–H and O–H groups in total. The highest BCUT2D eigenvalue weighted by atomic mass is 32.2. The summed E-state index contributed by atoms with van der Waals surface area (Å²) in [5, 5.41) is 0.965. The minimum atomic E-state index is -5.20. The number of hydrogen-bond donors (Lipinski definition) is 2. The average Bonchev–Trinajstić information content (AvgIpc) is 2.74. The molecule has 5 aromatic carbocycles. The van der Waals surface area contributed by atoms with Gasteiger partial charge in [-0.05, 0) is 49.8 Å². The van der Waals surface area contributed by atoms with Crippen LogP contribution in [-0.4, -0.2) is 36.2 Å². The Balaban J connectivity index is 2.12. The summed E-state index contributed by atoms with van der Waals surface area (Å²) in [5.41, 5.74) is -1.15. The van der Waals surface area contributed by atoms with Gasteiger partial charge in [-0.3, -0.25) is 18.7 Å². The van der Waals surface area contributed by atoms with Gasteiger partial charge in [0.15, 0.2) is 0 Å². The Morgan fingerprint density at radius 3 is 1.34 bits per heavy atom. The number of fused-ring (bicyclic) bond motifs is 2. The molecule has 0 amide bonds. The van der Waals surface area contributed by atoms with Gasteiger partial charge in [-0.1, -0.05) is 48.5 Å². The van der Waals surface area contributed by atoms with E-state index in [-0.39, 0.29) is 10.8 Å². The molecule has 0 spiro atoms. The highest BCUT2D eigenvalue weighted by molar-refractivity contribution is 8.02. The molecular formula is C22H12O8S2. The molecule has 0 unspecified atom stereocenters. The van der Waals surface area contributed by atoms with Gasteiger partial charge in [0.25, 0.3) is 0 Å². The van der Waals surface area contributed by atoms with Gasteiger partial charge >= 0.3 is 30.5 Å². The molecule has 0 atom stereocenters. The Bertz CT molecular complexity index is 1720. The van der Waals surface area contributed by atoms with Crippen LogP contribution in [-0.2, 0) is 20.2 Å². The first kappa shape index (κ1) is 20.5. The van der Waals surface area contributed by atoms with Gasteiger partial charge in [-0.2, -0.15) is 16.8 Å². The lowest BCUT2D eigenvalue weighted by molar-refractivity contribution is 0.106. The summed E-state index contributed by atoms with van der Waals surface area (Å²) < 4.78 is 65.1. The van der Waals surface area contributed by atoms with Crippen molar-refractivity contribution in [1.29, 1.82) is 0 Å². The number of rotatable bonds is 2. The average molecular weight is 468 g/mol. The van der Waals surface area contributed by atoms with Crippen molar-refractivity contribution in [3.05, 3.63) is 71.8 Å². The van der Waals surface area contributed by atoms with Crippen LogP contribution in [0.3, 0.4) is 0 Å². The highest BCUT2D eigenvalue weighted by Gasteiger charge is 2.30. The first-order valence-corrected chi connectivity index (χ1v) is 12.0. The lowest BCUT2D eigenvalue weighted by Gasteiger charge is -2.17. The molecule has 8 nitrogen and oxygen atoms in total. The standard InChI is InChI=1S/C22H12O8S2/c23-21(31(25,26)27)16-9-7-14-12-5-1-3-11-4-2-6-13(18(11)12)15-8-10-17(20(16)19(14)15)22(24)32(28,29)30/h1-10H,(H,25,26,27)(H,28,29,30). The van der Waals surface area contributed by atoms with Gasteiger partial charge in [-0.15, -0.1) is 0 Å². The van der Waals surface area contributed by atoms with Crippen molar-refractivity contribution in [1.82, 2.24) is 0 Å². The fourth-order valence-electron chi connectivity index (χ4n) is 4.35. The molecule has 10 heteroatoms. The van der Waals surface area contributed by atoms with Crippen LogP contribution in [0.4, 0.5) is 0 Å². The van der Waals surface area contributed by atoms with Crippen LogP contribution in [0.15, 0.2) is 60.7 Å². The molecule has 5 rings (SSSR count). The summed E-state index contributed by atoms with van der Waals surface area (Å²) in [6, 6.07) is 16.3. The van der Waals surface area contributed by atoms with E-state index < -0.39 is 41.6 Å². The van der Waals surface area contributed by atoms with E-state index in [0.717, 1.165) is 33.7 Å². The van der Waals surface area contributed by atoms with Gasteiger partial charge in [0.1, 0.15) is 0 Å². The quantitative estimate of drug-likeness (QED) is 0.226. The van der Waals surface area contributed by atoms with E-state index in [9.17, 15) is 35.5 Å². The molecule has 32 heavy (non-hydrogen) atoms. The summed E-state index contributed by atoms with van der Waals surface area (Å²) in [6.45, 7) is 0. The van der Waals surface area contributed by atoms with Crippen molar-refractivity contribution in [3.8, 4) is 0 Å². The van der Waals surface area contributed by atoms with Gasteiger partial charge < -0.3 is 0 Å². The zero-order valence-corrected chi connectivity index (χ0v) is 17.6. The van der Waals surface area contributed by atoms with Gasteiger partial charge in [0, 0.05) is 16.5 Å². The zero-order chi connectivity index (χ0) is 23.0. The van der Waals surface area contributed by atoms with Crippen molar-refractivity contribution in [2.24, 2.45) is 0 Å². The maximum absolute atomic E-state index is 12.5. The van der Waals surface area contributed by atoms with Crippen LogP contribution in [0.25, 0.3) is 43.1 Å². The number of carbonyl (C=O) groups excluding carboxylic acids is 2. The first-order valence-electron chi connectivity index (χ1n) is 9.16. The Morgan fingerprint density at radius 2 is 0.938 bits per heavy atom. The SMILES string of the molecule is O=C(c1ccc2c3cccc4cccc(c5ccc(C(=O)S(=O)(=O)O)c1c25)c43)S(=O)(=O)O. The molecule has 0 saturated heterocycles. The van der Waals surface area contributed by atoms with Gasteiger partial charge in [0.2, 0.25) is 0 Å². The molecule has 0 fully saturated rings. The van der Waals surface area contributed by atoms with E-state index >= 15 is 0 Å². The molecule has 0 saturated carbocycles. The maximum Gasteiger partial charge on any atom is 0.333 e. The Hall–Kier alpha value is -3.44.